The van der Waals surface area contributed by atoms with Crippen LogP contribution in [0.4, 0.5) is 5.69 Å². The van der Waals surface area contributed by atoms with Gasteiger partial charge in [-0.05, 0) is 13.0 Å². The Balaban J connectivity index is 1.89. The molecular weight excluding hydrogens is 396 g/mol. The minimum atomic E-state index is -1.13. The first-order valence-corrected chi connectivity index (χ1v) is 10.0. The normalized spacial score (nSPS) is 16.6. The van der Waals surface area contributed by atoms with Crippen molar-refractivity contribution in [1.82, 2.24) is 10.6 Å². The lowest BCUT2D eigenvalue weighted by molar-refractivity contribution is -0.131. The van der Waals surface area contributed by atoms with Crippen molar-refractivity contribution in [3.8, 4) is 0 Å². The van der Waals surface area contributed by atoms with Gasteiger partial charge in [-0.3, -0.25) is 14.4 Å². The Morgan fingerprint density at radius 2 is 1.81 bits per heavy atom. The number of anilines is 1. The van der Waals surface area contributed by atoms with Crippen molar-refractivity contribution in [2.24, 2.45) is 4.99 Å². The summed E-state index contributed by atoms with van der Waals surface area (Å²) in [4.78, 5) is 43.8. The van der Waals surface area contributed by atoms with Crippen LogP contribution in [0.25, 0.3) is 0 Å². The summed E-state index contributed by atoms with van der Waals surface area (Å²) in [6.45, 7) is 1.82. The van der Waals surface area contributed by atoms with E-state index in [0.717, 1.165) is 11.1 Å². The fourth-order valence-corrected chi connectivity index (χ4v) is 3.28. The number of para-hydroxylation sites is 1. The molecule has 0 spiro atoms. The predicted molar refractivity (Wildman–Crippen MR) is 118 cm³/mol. The van der Waals surface area contributed by atoms with Gasteiger partial charge < -0.3 is 20.3 Å². The van der Waals surface area contributed by atoms with Gasteiger partial charge in [0.2, 0.25) is 18.0 Å². The van der Waals surface area contributed by atoms with Gasteiger partial charge in [0, 0.05) is 31.7 Å². The molecule has 8 heteroatoms. The summed E-state index contributed by atoms with van der Waals surface area (Å²) in [6, 6.07) is 16.1. The van der Waals surface area contributed by atoms with Crippen molar-refractivity contribution in [3.63, 3.8) is 0 Å². The third-order valence-corrected chi connectivity index (χ3v) is 4.97. The molecule has 3 amide bonds. The Labute approximate surface area is 181 Å². The standard InChI is InChI=1S/C23H26N4O4/c1-15(24-19(28)13-14-31-3)22(29)26-21-23(30)27(2)18-12-8-7-11-17(18)20(25-21)16-9-5-4-6-10-16/h4-12,15,21H,13-14H2,1-3H3,(H,24,28)(H,26,29)/t15?,21-/m1/s1. The van der Waals surface area contributed by atoms with Crippen LogP contribution in [0, 0.1) is 0 Å². The number of hydrogen-bond donors (Lipinski definition) is 2. The highest BCUT2D eigenvalue weighted by Crippen LogP contribution is 2.27. The summed E-state index contributed by atoms with van der Waals surface area (Å²) in [5.74, 6) is -1.18. The molecule has 0 bridgehead atoms. The monoisotopic (exact) mass is 422 g/mol. The zero-order valence-electron chi connectivity index (χ0n) is 17.8. The maximum Gasteiger partial charge on any atom is 0.272 e. The van der Waals surface area contributed by atoms with Gasteiger partial charge in [0.25, 0.3) is 5.91 Å². The number of nitrogens with zero attached hydrogens (tertiary/aromatic N) is 2. The summed E-state index contributed by atoms with van der Waals surface area (Å²) in [7, 11) is 3.15. The number of carbonyl (C=O) groups is 3. The third-order valence-electron chi connectivity index (χ3n) is 4.97. The molecule has 2 aromatic rings. The van der Waals surface area contributed by atoms with E-state index < -0.39 is 18.1 Å². The first-order valence-electron chi connectivity index (χ1n) is 10.0. The number of aliphatic imine (C=N–C) groups is 1. The summed E-state index contributed by atoms with van der Waals surface area (Å²) >= 11 is 0. The molecule has 162 valence electrons. The number of ether oxygens (including phenoxy) is 1. The number of benzodiazepines with no additional fused rings is 1. The van der Waals surface area contributed by atoms with Gasteiger partial charge in [-0.2, -0.15) is 0 Å². The van der Waals surface area contributed by atoms with Gasteiger partial charge >= 0.3 is 0 Å². The Kier molecular flexibility index (Phi) is 7.15. The Morgan fingerprint density at radius 3 is 2.52 bits per heavy atom. The van der Waals surface area contributed by atoms with E-state index in [4.69, 9.17) is 4.74 Å². The minimum Gasteiger partial charge on any atom is -0.384 e. The summed E-state index contributed by atoms with van der Waals surface area (Å²) < 4.78 is 4.87. The second-order valence-electron chi connectivity index (χ2n) is 7.20. The van der Waals surface area contributed by atoms with Gasteiger partial charge in [-0.25, -0.2) is 4.99 Å². The average Bonchev–Trinajstić information content (AvgIpc) is 2.89. The van der Waals surface area contributed by atoms with Crippen molar-refractivity contribution in [1.29, 1.82) is 0 Å². The van der Waals surface area contributed by atoms with Crippen LogP contribution in [0.2, 0.25) is 0 Å². The molecule has 2 aromatic carbocycles. The lowest BCUT2D eigenvalue weighted by Gasteiger charge is -2.22. The van der Waals surface area contributed by atoms with Gasteiger partial charge in [0.05, 0.1) is 18.0 Å². The van der Waals surface area contributed by atoms with Crippen LogP contribution >= 0.6 is 0 Å². The molecule has 1 heterocycles. The molecule has 1 aliphatic heterocycles. The van der Waals surface area contributed by atoms with E-state index in [2.05, 4.69) is 15.6 Å². The van der Waals surface area contributed by atoms with Crippen LogP contribution in [-0.4, -0.2) is 56.4 Å². The highest BCUT2D eigenvalue weighted by Gasteiger charge is 2.32. The van der Waals surface area contributed by atoms with Crippen molar-refractivity contribution >= 4 is 29.1 Å². The lowest BCUT2D eigenvalue weighted by Crippen LogP contribution is -2.52. The number of rotatable bonds is 7. The quantitative estimate of drug-likeness (QED) is 0.706. The van der Waals surface area contributed by atoms with Crippen LogP contribution < -0.4 is 15.5 Å². The third kappa shape index (κ3) is 5.16. The SMILES string of the molecule is COCCC(=O)NC(C)C(=O)N[C@H]1N=C(c2ccccc2)c2ccccc2N(C)C1=O. The number of amides is 3. The van der Waals surface area contributed by atoms with Crippen molar-refractivity contribution in [3.05, 3.63) is 65.7 Å². The van der Waals surface area contributed by atoms with Gasteiger partial charge in [0.1, 0.15) is 6.04 Å². The van der Waals surface area contributed by atoms with Gasteiger partial charge in [0.15, 0.2) is 0 Å². The van der Waals surface area contributed by atoms with E-state index >= 15 is 0 Å². The van der Waals surface area contributed by atoms with Crippen molar-refractivity contribution in [2.75, 3.05) is 25.7 Å². The molecule has 0 aliphatic carbocycles. The van der Waals surface area contributed by atoms with Gasteiger partial charge in [-0.15, -0.1) is 0 Å². The zero-order chi connectivity index (χ0) is 22.4. The van der Waals surface area contributed by atoms with Crippen molar-refractivity contribution < 1.29 is 19.1 Å². The molecule has 0 aromatic heterocycles. The van der Waals surface area contributed by atoms with Crippen LogP contribution in [0.5, 0.6) is 0 Å². The van der Waals surface area contributed by atoms with E-state index in [9.17, 15) is 14.4 Å². The second kappa shape index (κ2) is 9.99. The molecule has 1 unspecified atom stereocenters. The molecule has 0 fully saturated rings. The first kappa shape index (κ1) is 22.2. The number of benzene rings is 2. The topological polar surface area (TPSA) is 100 Å². The van der Waals surface area contributed by atoms with Crippen molar-refractivity contribution in [2.45, 2.75) is 25.6 Å². The molecular formula is C23H26N4O4. The molecule has 2 N–H and O–H groups in total. The maximum atomic E-state index is 13.1. The number of hydrogen-bond acceptors (Lipinski definition) is 5. The minimum absolute atomic E-state index is 0.144. The van der Waals surface area contributed by atoms with Crippen LogP contribution in [0.15, 0.2) is 59.6 Å². The summed E-state index contributed by atoms with van der Waals surface area (Å²) in [5.41, 5.74) is 2.93. The Hall–Kier alpha value is -3.52. The van der Waals surface area contributed by atoms with E-state index in [1.807, 2.05) is 54.6 Å². The fraction of sp³-hybridized carbons (Fsp3) is 0.304. The summed E-state index contributed by atoms with van der Waals surface area (Å²) in [5, 5.41) is 5.27. The first-order chi connectivity index (χ1) is 14.9. The smallest absolute Gasteiger partial charge is 0.272 e. The van der Waals surface area contributed by atoms with Crippen LogP contribution in [0.3, 0.4) is 0 Å². The average molecular weight is 422 g/mol. The molecule has 1 aliphatic rings. The summed E-state index contributed by atoms with van der Waals surface area (Å²) in [6.07, 6.45) is -0.983. The molecule has 0 saturated heterocycles. The molecule has 3 rings (SSSR count). The highest BCUT2D eigenvalue weighted by molar-refractivity contribution is 6.20. The number of carbonyl (C=O) groups excluding carboxylic acids is 3. The largest absolute Gasteiger partial charge is 0.384 e. The second-order valence-corrected chi connectivity index (χ2v) is 7.20. The number of fused-ring (bicyclic) bond motifs is 1. The van der Waals surface area contributed by atoms with E-state index in [-0.39, 0.29) is 24.8 Å². The number of likely N-dealkylation sites (N-methyl/N-ethyl adjacent to an activating group) is 1. The molecule has 31 heavy (non-hydrogen) atoms. The maximum absolute atomic E-state index is 13.1. The Morgan fingerprint density at radius 1 is 1.13 bits per heavy atom. The fourth-order valence-electron chi connectivity index (χ4n) is 3.28. The zero-order valence-corrected chi connectivity index (χ0v) is 17.8. The highest BCUT2D eigenvalue weighted by atomic mass is 16.5. The Bertz CT molecular complexity index is 990. The lowest BCUT2D eigenvalue weighted by atomic mass is 10.0. The molecule has 0 saturated carbocycles. The van der Waals surface area contributed by atoms with E-state index in [1.54, 1.807) is 14.0 Å². The van der Waals surface area contributed by atoms with Gasteiger partial charge in [-0.1, -0.05) is 48.5 Å². The predicted octanol–water partition coefficient (Wildman–Crippen LogP) is 1.48. The molecule has 0 radical (unpaired) electrons. The number of methoxy groups -OCH3 is 1. The van der Waals surface area contributed by atoms with Crippen LogP contribution in [0.1, 0.15) is 24.5 Å². The molecule has 2 atom stereocenters. The molecule has 8 nitrogen and oxygen atoms in total. The van der Waals surface area contributed by atoms with E-state index in [0.29, 0.717) is 11.4 Å². The van der Waals surface area contributed by atoms with E-state index in [1.165, 1.54) is 12.0 Å². The van der Waals surface area contributed by atoms with Crippen LogP contribution in [-0.2, 0) is 19.1 Å². The number of nitrogens with one attached hydrogen (secondary N) is 2.